The van der Waals surface area contributed by atoms with E-state index in [0.29, 0.717) is 12.8 Å². The lowest BCUT2D eigenvalue weighted by atomic mass is 9.78. The van der Waals surface area contributed by atoms with Crippen LogP contribution in [-0.2, 0) is 10.2 Å². The van der Waals surface area contributed by atoms with Gasteiger partial charge in [0.1, 0.15) is 5.54 Å². The van der Waals surface area contributed by atoms with Crippen molar-refractivity contribution in [3.63, 3.8) is 0 Å². The first kappa shape index (κ1) is 22.8. The van der Waals surface area contributed by atoms with Gasteiger partial charge in [-0.15, -0.1) is 0 Å². The van der Waals surface area contributed by atoms with E-state index in [2.05, 4.69) is 0 Å². The standard InChI is InChI=1S/C14H28BF3N4O4S/c16-14(17,18)13(20)10-21(9-11(13)3-2-6-15(23)24)27(25,26)22(8-7-19)12-4-1-5-12/h11-12,23-24H,1-10,19-20H2/t11-,13-/m0/s1. The van der Waals surface area contributed by atoms with Crippen molar-refractivity contribution < 1.29 is 31.6 Å². The predicted octanol–water partition coefficient (Wildman–Crippen LogP) is -0.511. The van der Waals surface area contributed by atoms with E-state index < -0.39 is 41.5 Å². The molecular weight excluding hydrogens is 388 g/mol. The largest absolute Gasteiger partial charge is 0.451 e. The Morgan fingerprint density at radius 1 is 1.30 bits per heavy atom. The molecule has 8 nitrogen and oxygen atoms in total. The average molecular weight is 416 g/mol. The summed E-state index contributed by atoms with van der Waals surface area (Å²) < 4.78 is 68.9. The molecule has 27 heavy (non-hydrogen) atoms. The summed E-state index contributed by atoms with van der Waals surface area (Å²) in [5, 5.41) is 17.8. The maximum absolute atomic E-state index is 13.6. The van der Waals surface area contributed by atoms with Gasteiger partial charge >= 0.3 is 13.3 Å². The van der Waals surface area contributed by atoms with Gasteiger partial charge in [0, 0.05) is 38.1 Å². The number of nitrogens with two attached hydrogens (primary N) is 2. The Balaban J connectivity index is 2.21. The van der Waals surface area contributed by atoms with E-state index in [1.807, 2.05) is 0 Å². The molecule has 2 rings (SSSR count). The zero-order valence-corrected chi connectivity index (χ0v) is 15.9. The van der Waals surface area contributed by atoms with Gasteiger partial charge in [-0.3, -0.25) is 0 Å². The summed E-state index contributed by atoms with van der Waals surface area (Å²) in [6.07, 6.45) is -2.64. The summed E-state index contributed by atoms with van der Waals surface area (Å²) in [6, 6.07) is -0.236. The first-order valence-electron chi connectivity index (χ1n) is 9.12. The van der Waals surface area contributed by atoms with Crippen LogP contribution in [0.2, 0.25) is 6.32 Å². The van der Waals surface area contributed by atoms with Gasteiger partial charge in [-0.05, 0) is 25.6 Å². The molecule has 6 N–H and O–H groups in total. The van der Waals surface area contributed by atoms with Crippen LogP contribution >= 0.6 is 0 Å². The molecule has 0 aromatic rings. The molecule has 2 fully saturated rings. The molecule has 0 radical (unpaired) electrons. The van der Waals surface area contributed by atoms with Crippen LogP contribution in [0, 0.1) is 5.92 Å². The van der Waals surface area contributed by atoms with Crippen LogP contribution < -0.4 is 11.5 Å². The summed E-state index contributed by atoms with van der Waals surface area (Å²) in [5.74, 6) is -1.16. The van der Waals surface area contributed by atoms with Crippen LogP contribution in [-0.4, -0.2) is 78.1 Å². The van der Waals surface area contributed by atoms with E-state index in [0.717, 1.165) is 10.7 Å². The van der Waals surface area contributed by atoms with Crippen molar-refractivity contribution in [3.05, 3.63) is 0 Å². The zero-order chi connectivity index (χ0) is 20.5. The summed E-state index contributed by atoms with van der Waals surface area (Å²) in [6.45, 7) is -1.07. The number of hydrogen-bond donors (Lipinski definition) is 4. The highest BCUT2D eigenvalue weighted by molar-refractivity contribution is 7.86. The smallest absolute Gasteiger partial charge is 0.427 e. The lowest BCUT2D eigenvalue weighted by Crippen LogP contribution is -2.60. The number of halogens is 3. The van der Waals surface area contributed by atoms with Crippen molar-refractivity contribution in [3.8, 4) is 0 Å². The molecule has 1 saturated carbocycles. The third-order valence-electron chi connectivity index (χ3n) is 5.59. The van der Waals surface area contributed by atoms with Gasteiger partial charge in [-0.25, -0.2) is 0 Å². The maximum atomic E-state index is 13.6. The van der Waals surface area contributed by atoms with Gasteiger partial charge in [0.15, 0.2) is 0 Å². The van der Waals surface area contributed by atoms with Gasteiger partial charge in [0.05, 0.1) is 0 Å². The summed E-state index contributed by atoms with van der Waals surface area (Å²) in [5.41, 5.74) is 8.52. The Labute approximate surface area is 158 Å². The highest BCUT2D eigenvalue weighted by Crippen LogP contribution is 2.43. The normalized spacial score (nSPS) is 27.9. The van der Waals surface area contributed by atoms with E-state index in [1.165, 1.54) is 4.31 Å². The van der Waals surface area contributed by atoms with Crippen molar-refractivity contribution in [2.24, 2.45) is 17.4 Å². The summed E-state index contributed by atoms with van der Waals surface area (Å²) >= 11 is 0. The zero-order valence-electron chi connectivity index (χ0n) is 15.1. The third kappa shape index (κ3) is 4.77. The molecule has 0 aromatic carbocycles. The molecule has 158 valence electrons. The van der Waals surface area contributed by atoms with Crippen LogP contribution in [0.25, 0.3) is 0 Å². The van der Waals surface area contributed by atoms with Crippen molar-refractivity contribution in [1.82, 2.24) is 8.61 Å². The molecular formula is C14H28BF3N4O4S. The van der Waals surface area contributed by atoms with Crippen molar-refractivity contribution >= 4 is 17.3 Å². The third-order valence-corrected chi connectivity index (χ3v) is 7.59. The Morgan fingerprint density at radius 3 is 2.37 bits per heavy atom. The van der Waals surface area contributed by atoms with E-state index >= 15 is 0 Å². The summed E-state index contributed by atoms with van der Waals surface area (Å²) in [4.78, 5) is 0. The van der Waals surface area contributed by atoms with Crippen LogP contribution in [0.15, 0.2) is 0 Å². The highest BCUT2D eigenvalue weighted by atomic mass is 32.2. The SMILES string of the molecule is NCCN(C1CCC1)S(=O)(=O)N1C[C@H](CCCB(O)O)[C@](N)(C(F)(F)F)C1. The average Bonchev–Trinajstić information content (AvgIpc) is 2.84. The van der Waals surface area contributed by atoms with Crippen molar-refractivity contribution in [2.75, 3.05) is 26.2 Å². The Hall–Kier alpha value is -0.435. The van der Waals surface area contributed by atoms with Gasteiger partial charge in [-0.1, -0.05) is 12.8 Å². The van der Waals surface area contributed by atoms with Gasteiger partial charge in [0.25, 0.3) is 10.2 Å². The van der Waals surface area contributed by atoms with Gasteiger partial charge in [0.2, 0.25) is 0 Å². The van der Waals surface area contributed by atoms with Crippen LogP contribution in [0.1, 0.15) is 32.1 Å². The van der Waals surface area contributed by atoms with E-state index in [9.17, 15) is 21.6 Å². The minimum Gasteiger partial charge on any atom is -0.427 e. The second kappa shape index (κ2) is 8.51. The molecule has 2 atom stereocenters. The van der Waals surface area contributed by atoms with Crippen molar-refractivity contribution in [1.29, 1.82) is 0 Å². The highest BCUT2D eigenvalue weighted by Gasteiger charge is 2.62. The molecule has 13 heteroatoms. The molecule has 0 aromatic heterocycles. The Bertz CT molecular complexity index is 606. The molecule has 2 aliphatic rings. The van der Waals surface area contributed by atoms with Gasteiger partial charge in [-0.2, -0.15) is 30.2 Å². The predicted molar refractivity (Wildman–Crippen MR) is 94.6 cm³/mol. The van der Waals surface area contributed by atoms with E-state index in [4.69, 9.17) is 21.5 Å². The fourth-order valence-electron chi connectivity index (χ4n) is 3.72. The first-order chi connectivity index (χ1) is 12.4. The molecule has 0 unspecified atom stereocenters. The quantitative estimate of drug-likeness (QED) is 0.374. The minimum absolute atomic E-state index is 0.0501. The lowest BCUT2D eigenvalue weighted by Gasteiger charge is -2.38. The molecule has 1 aliphatic heterocycles. The molecule has 0 bridgehead atoms. The first-order valence-corrected chi connectivity index (χ1v) is 10.5. The molecule has 1 aliphatic carbocycles. The molecule has 1 saturated heterocycles. The maximum Gasteiger partial charge on any atom is 0.451 e. The Kier molecular flexibility index (Phi) is 7.21. The van der Waals surface area contributed by atoms with Crippen LogP contribution in [0.5, 0.6) is 0 Å². The fourth-order valence-corrected chi connectivity index (χ4v) is 5.69. The van der Waals surface area contributed by atoms with Gasteiger partial charge < -0.3 is 21.5 Å². The number of hydrogen-bond acceptors (Lipinski definition) is 6. The number of alkyl halides is 3. The van der Waals surface area contributed by atoms with Crippen LogP contribution in [0.4, 0.5) is 13.2 Å². The molecule has 0 spiro atoms. The fraction of sp³-hybridized carbons (Fsp3) is 1.00. The number of nitrogens with zero attached hydrogens (tertiary/aromatic N) is 2. The second-order valence-corrected chi connectivity index (χ2v) is 9.31. The Morgan fingerprint density at radius 2 is 1.93 bits per heavy atom. The molecule has 1 heterocycles. The number of rotatable bonds is 9. The summed E-state index contributed by atoms with van der Waals surface area (Å²) in [7, 11) is -5.74. The topological polar surface area (TPSA) is 133 Å². The van der Waals surface area contributed by atoms with E-state index in [1.54, 1.807) is 0 Å². The molecule has 0 amide bonds. The minimum atomic E-state index is -4.78. The van der Waals surface area contributed by atoms with E-state index in [-0.39, 0.29) is 44.8 Å². The monoisotopic (exact) mass is 416 g/mol. The lowest BCUT2D eigenvalue weighted by molar-refractivity contribution is -0.192. The van der Waals surface area contributed by atoms with Crippen LogP contribution in [0.3, 0.4) is 0 Å². The second-order valence-electron chi connectivity index (χ2n) is 7.43. The van der Waals surface area contributed by atoms with Crippen molar-refractivity contribution in [2.45, 2.75) is 56.2 Å².